The third-order valence-corrected chi connectivity index (χ3v) is 4.82. The highest BCUT2D eigenvalue weighted by Crippen LogP contribution is 2.38. The lowest BCUT2D eigenvalue weighted by molar-refractivity contribution is 0.0728. The number of nitrogens with zero attached hydrogens (tertiary/aromatic N) is 6. The molecule has 8 heteroatoms. The molecule has 128 valence electrons. The summed E-state index contributed by atoms with van der Waals surface area (Å²) in [6, 6.07) is 3.46. The molecule has 1 fully saturated rings. The van der Waals surface area contributed by atoms with Gasteiger partial charge in [0.2, 0.25) is 0 Å². The molecule has 1 amide bonds. The summed E-state index contributed by atoms with van der Waals surface area (Å²) in [6.45, 7) is 2.61. The molecule has 2 aromatic heterocycles. The second-order valence-corrected chi connectivity index (χ2v) is 6.60. The molecule has 0 saturated carbocycles. The Morgan fingerprint density at radius 1 is 1.33 bits per heavy atom. The summed E-state index contributed by atoms with van der Waals surface area (Å²) in [7, 11) is 5.58. The van der Waals surface area contributed by atoms with Crippen LogP contribution < -0.4 is 4.90 Å². The Morgan fingerprint density at radius 3 is 2.62 bits per heavy atom. The Kier molecular flexibility index (Phi) is 4.45. The minimum Gasteiger partial charge on any atom is -0.361 e. The number of halogens is 1. The van der Waals surface area contributed by atoms with Gasteiger partial charge in [0.15, 0.2) is 11.5 Å². The van der Waals surface area contributed by atoms with E-state index in [-0.39, 0.29) is 11.9 Å². The second-order valence-electron chi connectivity index (χ2n) is 6.24. The minimum atomic E-state index is -0.116. The van der Waals surface area contributed by atoms with Crippen molar-refractivity contribution in [1.29, 1.82) is 0 Å². The quantitative estimate of drug-likeness (QED) is 0.850. The topological polar surface area (TPSA) is 67.2 Å². The van der Waals surface area contributed by atoms with Crippen molar-refractivity contribution in [3.05, 3.63) is 34.2 Å². The summed E-state index contributed by atoms with van der Waals surface area (Å²) in [5.41, 5.74) is 2.15. The van der Waals surface area contributed by atoms with E-state index in [0.717, 1.165) is 29.9 Å². The molecule has 2 aromatic rings. The fraction of sp³-hybridized carbons (Fsp3) is 0.500. The molecule has 1 saturated heterocycles. The van der Waals surface area contributed by atoms with Gasteiger partial charge in [0, 0.05) is 33.3 Å². The van der Waals surface area contributed by atoms with E-state index in [1.165, 1.54) is 0 Å². The number of carbonyl (C=O) groups is 1. The van der Waals surface area contributed by atoms with E-state index in [2.05, 4.69) is 15.3 Å². The molecule has 1 aliphatic heterocycles. The van der Waals surface area contributed by atoms with Gasteiger partial charge in [-0.2, -0.15) is 5.10 Å². The van der Waals surface area contributed by atoms with Crippen LogP contribution in [-0.2, 0) is 7.05 Å². The molecule has 0 radical (unpaired) electrons. The lowest BCUT2D eigenvalue weighted by Crippen LogP contribution is -2.31. The SMILES string of the molecule is Cc1nn(C)c(Cl)c1[C@@H]1CCCN1C(=O)c1ccc(N(C)C)nn1. The van der Waals surface area contributed by atoms with Gasteiger partial charge in [-0.05, 0) is 31.9 Å². The lowest BCUT2D eigenvalue weighted by Gasteiger charge is -2.24. The molecule has 3 heterocycles. The predicted molar refractivity (Wildman–Crippen MR) is 92.3 cm³/mol. The Labute approximate surface area is 146 Å². The van der Waals surface area contributed by atoms with E-state index in [1.54, 1.807) is 16.8 Å². The van der Waals surface area contributed by atoms with E-state index in [0.29, 0.717) is 17.4 Å². The maximum Gasteiger partial charge on any atom is 0.274 e. The van der Waals surface area contributed by atoms with Gasteiger partial charge in [-0.1, -0.05) is 11.6 Å². The summed E-state index contributed by atoms with van der Waals surface area (Å²) in [6.07, 6.45) is 1.81. The third kappa shape index (κ3) is 2.84. The monoisotopic (exact) mass is 348 g/mol. The fourth-order valence-corrected chi connectivity index (χ4v) is 3.46. The molecule has 7 nitrogen and oxygen atoms in total. The Bertz CT molecular complexity index is 755. The Balaban J connectivity index is 1.88. The van der Waals surface area contributed by atoms with Gasteiger partial charge < -0.3 is 9.80 Å². The van der Waals surface area contributed by atoms with Gasteiger partial charge >= 0.3 is 0 Å². The van der Waals surface area contributed by atoms with E-state index < -0.39 is 0 Å². The van der Waals surface area contributed by atoms with Gasteiger partial charge in [-0.15, -0.1) is 10.2 Å². The smallest absolute Gasteiger partial charge is 0.274 e. The van der Waals surface area contributed by atoms with Crippen LogP contribution >= 0.6 is 11.6 Å². The molecule has 1 aliphatic rings. The first-order valence-electron chi connectivity index (χ1n) is 7.91. The Hall–Kier alpha value is -2.15. The van der Waals surface area contributed by atoms with Crippen molar-refractivity contribution in [3.8, 4) is 0 Å². The molecule has 3 rings (SSSR count). The van der Waals surface area contributed by atoms with Crippen molar-refractivity contribution in [2.24, 2.45) is 7.05 Å². The van der Waals surface area contributed by atoms with Crippen molar-refractivity contribution >= 4 is 23.3 Å². The van der Waals surface area contributed by atoms with Crippen LogP contribution in [0.2, 0.25) is 5.15 Å². The standard InChI is InChI=1S/C16H21ClN6O/c1-10-14(15(17)22(4)20-10)12-6-5-9-23(12)16(24)11-7-8-13(19-18-11)21(2)3/h7-8,12H,5-6,9H2,1-4H3/t12-/m0/s1. The molecule has 0 unspecified atom stereocenters. The molecule has 0 spiro atoms. The minimum absolute atomic E-state index is 0.0611. The molecular weight excluding hydrogens is 328 g/mol. The van der Waals surface area contributed by atoms with E-state index in [1.807, 2.05) is 37.9 Å². The lowest BCUT2D eigenvalue weighted by atomic mass is 10.1. The van der Waals surface area contributed by atoms with Gasteiger partial charge in [-0.25, -0.2) is 0 Å². The first-order chi connectivity index (χ1) is 11.4. The zero-order chi connectivity index (χ0) is 17.4. The molecule has 24 heavy (non-hydrogen) atoms. The number of hydrogen-bond donors (Lipinski definition) is 0. The number of hydrogen-bond acceptors (Lipinski definition) is 5. The zero-order valence-electron chi connectivity index (χ0n) is 14.3. The summed E-state index contributed by atoms with van der Waals surface area (Å²) >= 11 is 6.39. The normalized spacial score (nSPS) is 17.4. The van der Waals surface area contributed by atoms with Gasteiger partial charge in [0.25, 0.3) is 5.91 Å². The summed E-state index contributed by atoms with van der Waals surface area (Å²) in [5.74, 6) is 0.602. The van der Waals surface area contributed by atoms with Crippen LogP contribution in [0.15, 0.2) is 12.1 Å². The van der Waals surface area contributed by atoms with Crippen LogP contribution in [0.1, 0.15) is 40.6 Å². The molecule has 0 aromatic carbocycles. The van der Waals surface area contributed by atoms with Crippen LogP contribution in [0, 0.1) is 6.92 Å². The van der Waals surface area contributed by atoms with Gasteiger partial charge in [0.05, 0.1) is 11.7 Å². The maximum atomic E-state index is 12.9. The average molecular weight is 349 g/mol. The van der Waals surface area contributed by atoms with Crippen LogP contribution in [0.25, 0.3) is 0 Å². The molecule has 1 atom stereocenters. The number of rotatable bonds is 3. The first kappa shape index (κ1) is 16.7. The third-order valence-electron chi connectivity index (χ3n) is 4.37. The van der Waals surface area contributed by atoms with E-state index in [4.69, 9.17) is 11.6 Å². The van der Waals surface area contributed by atoms with Crippen molar-refractivity contribution in [2.75, 3.05) is 25.5 Å². The highest BCUT2D eigenvalue weighted by atomic mass is 35.5. The highest BCUT2D eigenvalue weighted by Gasteiger charge is 2.35. The molecular formula is C16H21ClN6O. The summed E-state index contributed by atoms with van der Waals surface area (Å²) in [5, 5.41) is 13.1. The number of aryl methyl sites for hydroxylation is 2. The van der Waals surface area contributed by atoms with E-state index in [9.17, 15) is 4.79 Å². The number of amides is 1. The molecule has 0 aliphatic carbocycles. The number of carbonyl (C=O) groups excluding carboxylic acids is 1. The van der Waals surface area contributed by atoms with Gasteiger partial charge in [0.1, 0.15) is 5.15 Å². The van der Waals surface area contributed by atoms with Crippen molar-refractivity contribution in [1.82, 2.24) is 24.9 Å². The van der Waals surface area contributed by atoms with Gasteiger partial charge in [-0.3, -0.25) is 9.48 Å². The van der Waals surface area contributed by atoms with E-state index >= 15 is 0 Å². The Morgan fingerprint density at radius 2 is 2.08 bits per heavy atom. The van der Waals surface area contributed by atoms with Crippen LogP contribution in [0.4, 0.5) is 5.82 Å². The second kappa shape index (κ2) is 6.39. The fourth-order valence-electron chi connectivity index (χ4n) is 3.16. The van der Waals surface area contributed by atoms with Crippen molar-refractivity contribution in [2.45, 2.75) is 25.8 Å². The highest BCUT2D eigenvalue weighted by molar-refractivity contribution is 6.30. The number of likely N-dealkylation sites (tertiary alicyclic amines) is 1. The summed E-state index contributed by atoms with van der Waals surface area (Å²) < 4.78 is 1.65. The van der Waals surface area contributed by atoms with Crippen LogP contribution in [-0.4, -0.2) is 51.4 Å². The molecule has 0 bridgehead atoms. The van der Waals surface area contributed by atoms with Crippen molar-refractivity contribution in [3.63, 3.8) is 0 Å². The van der Waals surface area contributed by atoms with Crippen LogP contribution in [0.5, 0.6) is 0 Å². The zero-order valence-corrected chi connectivity index (χ0v) is 15.1. The first-order valence-corrected chi connectivity index (χ1v) is 8.29. The average Bonchev–Trinajstić information content (AvgIpc) is 3.12. The molecule has 0 N–H and O–H groups in total. The predicted octanol–water partition coefficient (Wildman–Crippen LogP) is 2.22. The maximum absolute atomic E-state index is 12.9. The number of aromatic nitrogens is 4. The van der Waals surface area contributed by atoms with Crippen molar-refractivity contribution < 1.29 is 4.79 Å². The largest absolute Gasteiger partial charge is 0.361 e. The number of anilines is 1. The van der Waals surface area contributed by atoms with Crippen LogP contribution in [0.3, 0.4) is 0 Å². The summed E-state index contributed by atoms with van der Waals surface area (Å²) in [4.78, 5) is 16.6.